The SMILES string of the molecule is O=C1C(N2CCOCC2)=C/C(=N\S(=O)(=O)c2cccs2)c2ccccc21. The lowest BCUT2D eigenvalue weighted by atomic mass is 9.91. The zero-order chi connectivity index (χ0) is 18.1. The Hall–Kier alpha value is -2.29. The average Bonchev–Trinajstić information content (AvgIpc) is 3.21. The molecule has 1 aliphatic heterocycles. The highest BCUT2D eigenvalue weighted by Gasteiger charge is 2.29. The highest BCUT2D eigenvalue weighted by atomic mass is 32.2. The van der Waals surface area contributed by atoms with Gasteiger partial charge >= 0.3 is 0 Å². The third-order valence-electron chi connectivity index (χ3n) is 4.27. The smallest absolute Gasteiger partial charge is 0.292 e. The van der Waals surface area contributed by atoms with E-state index >= 15 is 0 Å². The van der Waals surface area contributed by atoms with Gasteiger partial charge in [-0.3, -0.25) is 4.79 Å². The minimum atomic E-state index is -3.82. The lowest BCUT2D eigenvalue weighted by molar-refractivity contribution is 0.0507. The summed E-state index contributed by atoms with van der Waals surface area (Å²) in [4.78, 5) is 14.8. The van der Waals surface area contributed by atoms with E-state index in [1.807, 2.05) is 4.90 Å². The Labute approximate surface area is 155 Å². The number of morpholine rings is 1. The van der Waals surface area contributed by atoms with E-state index in [0.29, 0.717) is 43.1 Å². The number of allylic oxidation sites excluding steroid dienone is 2. The van der Waals surface area contributed by atoms with E-state index in [0.717, 1.165) is 11.3 Å². The molecule has 0 amide bonds. The summed E-state index contributed by atoms with van der Waals surface area (Å²) in [6.45, 7) is 2.24. The van der Waals surface area contributed by atoms with Gasteiger partial charge in [0.25, 0.3) is 10.0 Å². The van der Waals surface area contributed by atoms with Crippen molar-refractivity contribution in [3.8, 4) is 0 Å². The number of nitrogens with zero attached hydrogens (tertiary/aromatic N) is 2. The van der Waals surface area contributed by atoms with Crippen molar-refractivity contribution < 1.29 is 17.9 Å². The fourth-order valence-corrected chi connectivity index (χ4v) is 4.98. The largest absolute Gasteiger partial charge is 0.378 e. The minimum Gasteiger partial charge on any atom is -0.378 e. The van der Waals surface area contributed by atoms with Crippen LogP contribution in [-0.2, 0) is 14.8 Å². The Morgan fingerprint density at radius 3 is 2.46 bits per heavy atom. The molecule has 1 aromatic heterocycles. The zero-order valence-corrected chi connectivity index (χ0v) is 15.4. The summed E-state index contributed by atoms with van der Waals surface area (Å²) in [6.07, 6.45) is 1.58. The van der Waals surface area contributed by atoms with Gasteiger partial charge in [-0.25, -0.2) is 0 Å². The molecule has 1 fully saturated rings. The van der Waals surface area contributed by atoms with Crippen molar-refractivity contribution in [1.29, 1.82) is 0 Å². The second-order valence-corrected chi connectivity index (χ2v) is 8.67. The molecule has 134 valence electrons. The van der Waals surface area contributed by atoms with Gasteiger partial charge in [0.1, 0.15) is 4.21 Å². The minimum absolute atomic E-state index is 0.116. The van der Waals surface area contributed by atoms with E-state index in [9.17, 15) is 13.2 Å². The molecule has 2 aromatic rings. The number of sulfonamides is 1. The Kier molecular flexibility index (Phi) is 4.47. The van der Waals surface area contributed by atoms with Crippen molar-refractivity contribution in [2.75, 3.05) is 26.3 Å². The van der Waals surface area contributed by atoms with Crippen LogP contribution in [0.5, 0.6) is 0 Å². The summed E-state index contributed by atoms with van der Waals surface area (Å²) >= 11 is 1.12. The van der Waals surface area contributed by atoms with Crippen LogP contribution in [0.4, 0.5) is 0 Å². The van der Waals surface area contributed by atoms with Gasteiger partial charge in [0, 0.05) is 24.2 Å². The first-order chi connectivity index (χ1) is 12.6. The van der Waals surface area contributed by atoms with Crippen LogP contribution < -0.4 is 0 Å². The molecule has 0 N–H and O–H groups in total. The zero-order valence-electron chi connectivity index (χ0n) is 13.8. The standard InChI is InChI=1S/C18H16N2O4S2/c21-18-14-5-2-1-4-13(14)15(12-16(18)20-7-9-24-10-8-20)19-26(22,23)17-6-3-11-25-17/h1-6,11-12H,7-10H2/b19-15+. The maximum atomic E-state index is 12.9. The summed E-state index contributed by atoms with van der Waals surface area (Å²) in [7, 11) is -3.82. The molecule has 2 heterocycles. The monoisotopic (exact) mass is 388 g/mol. The molecule has 0 radical (unpaired) electrons. The Morgan fingerprint density at radius 1 is 1.04 bits per heavy atom. The Morgan fingerprint density at radius 2 is 1.77 bits per heavy atom. The van der Waals surface area contributed by atoms with Crippen molar-refractivity contribution in [1.82, 2.24) is 4.90 Å². The number of Topliss-reactive ketones (excluding diaryl/α,β-unsaturated/α-hetero) is 1. The topological polar surface area (TPSA) is 76.0 Å². The van der Waals surface area contributed by atoms with Crippen LogP contribution in [0.2, 0.25) is 0 Å². The number of carbonyl (C=O) groups is 1. The molecule has 0 bridgehead atoms. The van der Waals surface area contributed by atoms with Crippen molar-refractivity contribution >= 4 is 32.9 Å². The second-order valence-electron chi connectivity index (χ2n) is 5.89. The first kappa shape index (κ1) is 17.1. The lowest BCUT2D eigenvalue weighted by Crippen LogP contribution is -2.39. The average molecular weight is 388 g/mol. The molecule has 0 saturated carbocycles. The van der Waals surface area contributed by atoms with Crippen LogP contribution in [0.15, 0.2) is 62.2 Å². The Bertz CT molecular complexity index is 1000. The first-order valence-corrected chi connectivity index (χ1v) is 10.5. The van der Waals surface area contributed by atoms with Crippen molar-refractivity contribution in [2.24, 2.45) is 4.40 Å². The third-order valence-corrected chi connectivity index (χ3v) is 6.94. The van der Waals surface area contributed by atoms with E-state index in [1.54, 1.807) is 41.8 Å². The summed E-state index contributed by atoms with van der Waals surface area (Å²) < 4.78 is 34.8. The van der Waals surface area contributed by atoms with E-state index in [2.05, 4.69) is 4.40 Å². The van der Waals surface area contributed by atoms with Crippen LogP contribution >= 0.6 is 11.3 Å². The maximum absolute atomic E-state index is 12.9. The molecular formula is C18H16N2O4S2. The molecule has 0 atom stereocenters. The van der Waals surface area contributed by atoms with Crippen LogP contribution in [0.3, 0.4) is 0 Å². The first-order valence-electron chi connectivity index (χ1n) is 8.13. The maximum Gasteiger partial charge on any atom is 0.292 e. The predicted molar refractivity (Wildman–Crippen MR) is 99.3 cm³/mol. The molecule has 1 aromatic carbocycles. The summed E-state index contributed by atoms with van der Waals surface area (Å²) in [5.74, 6) is -0.116. The van der Waals surface area contributed by atoms with Crippen molar-refractivity contribution in [3.05, 3.63) is 64.7 Å². The van der Waals surface area contributed by atoms with Crippen LogP contribution in [0, 0.1) is 0 Å². The van der Waals surface area contributed by atoms with Crippen LogP contribution in [-0.4, -0.2) is 51.1 Å². The molecule has 8 heteroatoms. The van der Waals surface area contributed by atoms with Crippen LogP contribution in [0.25, 0.3) is 0 Å². The molecule has 0 spiro atoms. The molecule has 2 aliphatic rings. The van der Waals surface area contributed by atoms with E-state index in [-0.39, 0.29) is 15.7 Å². The molecule has 1 saturated heterocycles. The molecule has 4 rings (SSSR count). The van der Waals surface area contributed by atoms with Gasteiger partial charge < -0.3 is 9.64 Å². The summed E-state index contributed by atoms with van der Waals surface area (Å²) in [5, 5.41) is 1.69. The number of ketones is 1. The number of hydrogen-bond acceptors (Lipinski definition) is 6. The van der Waals surface area contributed by atoms with Gasteiger partial charge in [-0.05, 0) is 17.5 Å². The molecule has 26 heavy (non-hydrogen) atoms. The van der Waals surface area contributed by atoms with E-state index in [1.165, 1.54) is 6.07 Å². The predicted octanol–water partition coefficient (Wildman–Crippen LogP) is 2.34. The Balaban J connectivity index is 1.84. The van der Waals surface area contributed by atoms with Gasteiger partial charge in [0.15, 0.2) is 0 Å². The van der Waals surface area contributed by atoms with Gasteiger partial charge in [0.2, 0.25) is 5.78 Å². The van der Waals surface area contributed by atoms with Crippen molar-refractivity contribution in [2.45, 2.75) is 4.21 Å². The fourth-order valence-electron chi connectivity index (χ4n) is 3.01. The van der Waals surface area contributed by atoms with Gasteiger partial charge in [-0.1, -0.05) is 30.3 Å². The highest BCUT2D eigenvalue weighted by molar-refractivity contribution is 7.92. The fraction of sp³-hybridized carbons (Fsp3) is 0.222. The van der Waals surface area contributed by atoms with Crippen LogP contribution in [0.1, 0.15) is 15.9 Å². The van der Waals surface area contributed by atoms with Crippen molar-refractivity contribution in [3.63, 3.8) is 0 Å². The summed E-state index contributed by atoms with van der Waals surface area (Å²) in [5.41, 5.74) is 1.76. The number of carbonyl (C=O) groups excluding carboxylic acids is 1. The number of thiophene rings is 1. The number of ether oxygens (including phenoxy) is 1. The van der Waals surface area contributed by atoms with Gasteiger partial charge in [0.05, 0.1) is 24.6 Å². The van der Waals surface area contributed by atoms with E-state index < -0.39 is 10.0 Å². The normalized spacial score (nSPS) is 19.4. The number of rotatable bonds is 3. The third kappa shape index (κ3) is 3.11. The highest BCUT2D eigenvalue weighted by Crippen LogP contribution is 2.27. The lowest BCUT2D eigenvalue weighted by Gasteiger charge is -2.32. The van der Waals surface area contributed by atoms with E-state index in [4.69, 9.17) is 4.74 Å². The molecule has 6 nitrogen and oxygen atoms in total. The molecule has 1 aliphatic carbocycles. The van der Waals surface area contributed by atoms with Gasteiger partial charge in [-0.2, -0.15) is 12.8 Å². The number of hydrogen-bond donors (Lipinski definition) is 0. The quantitative estimate of drug-likeness (QED) is 0.807. The molecular weight excluding hydrogens is 372 g/mol. The summed E-state index contributed by atoms with van der Waals surface area (Å²) in [6, 6.07) is 10.2. The number of fused-ring (bicyclic) bond motifs is 1. The second kappa shape index (κ2) is 6.79. The number of benzene rings is 1. The molecule has 0 unspecified atom stereocenters. The van der Waals surface area contributed by atoms with Gasteiger partial charge in [-0.15, -0.1) is 11.3 Å².